The number of hydrogen-bond acceptors (Lipinski definition) is 6. The van der Waals surface area contributed by atoms with E-state index < -0.39 is 63.8 Å². The summed E-state index contributed by atoms with van der Waals surface area (Å²) in [5.41, 5.74) is -2.88. The highest BCUT2D eigenvalue weighted by atomic mass is 35.5. The summed E-state index contributed by atoms with van der Waals surface area (Å²) in [6.07, 6.45) is -0.0270. The Hall–Kier alpha value is -2.96. The van der Waals surface area contributed by atoms with Gasteiger partial charge in [-0.2, -0.15) is 13.2 Å². The number of amides is 2. The van der Waals surface area contributed by atoms with Gasteiger partial charge in [0, 0.05) is 69.6 Å². The zero-order chi connectivity index (χ0) is 36.1. The minimum atomic E-state index is -4.58. The largest absolute Gasteiger partial charge is 0.497 e. The number of benzene rings is 1. The minimum absolute atomic E-state index is 0.0108. The molecule has 0 aromatic heterocycles. The Balaban J connectivity index is 1.49. The molecule has 270 valence electrons. The van der Waals surface area contributed by atoms with Gasteiger partial charge in [0.1, 0.15) is 5.75 Å². The predicted octanol–water partition coefficient (Wildman–Crippen LogP) is 5.28. The molecule has 3 fully saturated rings. The zero-order valence-corrected chi connectivity index (χ0v) is 29.7. The molecule has 0 saturated carbocycles. The standard InChI is InChI=1S/C36H47ClF4N4O4/c1-34(2,3)45-20-29(22-7-10-25(49-6)11-8-22)35(38,21-45)33(48)44-18-27(28(19-44)32(47)42(4)5)26-12-9-24(36(39,40)41)17-30(26)43-15-13-23(14-16-43)31(37)46/h7-12,17,23,26-30H,13-16,18-21H2,1-6H3/t26?,27-,28-,29-,30?,35-/m0/s1. The van der Waals surface area contributed by atoms with Crippen LogP contribution in [0.15, 0.2) is 48.1 Å². The van der Waals surface area contributed by atoms with Crippen LogP contribution in [0.3, 0.4) is 0 Å². The Morgan fingerprint density at radius 3 is 2.16 bits per heavy atom. The smallest absolute Gasteiger partial charge is 0.416 e. The van der Waals surface area contributed by atoms with Crippen molar-refractivity contribution < 1.29 is 36.7 Å². The fourth-order valence-electron chi connectivity index (χ4n) is 8.03. The number of piperidine rings is 1. The van der Waals surface area contributed by atoms with E-state index in [1.807, 2.05) is 30.6 Å². The highest BCUT2D eigenvalue weighted by molar-refractivity contribution is 6.64. The number of nitrogens with zero attached hydrogens (tertiary/aromatic N) is 4. The van der Waals surface area contributed by atoms with Crippen LogP contribution < -0.4 is 4.74 Å². The average Bonchev–Trinajstić information content (AvgIpc) is 3.66. The van der Waals surface area contributed by atoms with Gasteiger partial charge in [0.25, 0.3) is 5.91 Å². The average molecular weight is 711 g/mol. The van der Waals surface area contributed by atoms with E-state index in [1.165, 1.54) is 22.0 Å². The van der Waals surface area contributed by atoms with Crippen molar-refractivity contribution in [3.8, 4) is 5.75 Å². The summed E-state index contributed by atoms with van der Waals surface area (Å²) < 4.78 is 65.0. The number of halogens is 5. The molecule has 1 aromatic rings. The molecule has 1 aliphatic carbocycles. The third kappa shape index (κ3) is 7.56. The highest BCUT2D eigenvalue weighted by Crippen LogP contribution is 2.46. The fourth-order valence-corrected chi connectivity index (χ4v) is 8.25. The van der Waals surface area contributed by atoms with E-state index in [9.17, 15) is 27.6 Å². The van der Waals surface area contributed by atoms with Crippen molar-refractivity contribution in [2.24, 2.45) is 23.7 Å². The minimum Gasteiger partial charge on any atom is -0.497 e. The Kier molecular flexibility index (Phi) is 10.6. The molecule has 5 rings (SSSR count). The molecule has 0 spiro atoms. The Bertz CT molecular complexity index is 1470. The monoisotopic (exact) mass is 710 g/mol. The van der Waals surface area contributed by atoms with Crippen LogP contribution in [-0.4, -0.2) is 121 Å². The molecule has 3 heterocycles. The van der Waals surface area contributed by atoms with Crippen LogP contribution in [0.25, 0.3) is 0 Å². The van der Waals surface area contributed by atoms with Gasteiger partial charge >= 0.3 is 6.18 Å². The summed E-state index contributed by atoms with van der Waals surface area (Å²) in [6.45, 7) is 6.72. The number of hydrogen-bond donors (Lipinski definition) is 0. The van der Waals surface area contributed by atoms with Gasteiger partial charge in [0.15, 0.2) is 0 Å². The molecule has 0 radical (unpaired) electrons. The molecular weight excluding hydrogens is 664 g/mol. The summed E-state index contributed by atoms with van der Waals surface area (Å²) in [7, 11) is 4.74. The van der Waals surface area contributed by atoms with E-state index in [-0.39, 0.29) is 31.5 Å². The summed E-state index contributed by atoms with van der Waals surface area (Å²) in [5, 5.41) is -0.460. The molecule has 13 heteroatoms. The van der Waals surface area contributed by atoms with Crippen LogP contribution in [0.4, 0.5) is 17.6 Å². The van der Waals surface area contributed by atoms with Crippen LogP contribution in [0.1, 0.15) is 45.1 Å². The number of allylic oxidation sites excluding steroid dienone is 2. The van der Waals surface area contributed by atoms with Crippen LogP contribution >= 0.6 is 11.6 Å². The normalized spacial score (nSPS) is 30.4. The third-order valence-corrected chi connectivity index (χ3v) is 11.3. The van der Waals surface area contributed by atoms with Crippen molar-refractivity contribution in [3.05, 3.63) is 53.6 Å². The van der Waals surface area contributed by atoms with E-state index in [1.54, 1.807) is 45.5 Å². The molecule has 1 aromatic carbocycles. The molecule has 3 saturated heterocycles. The summed E-state index contributed by atoms with van der Waals surface area (Å²) >= 11 is 5.75. The van der Waals surface area contributed by atoms with Crippen molar-refractivity contribution >= 4 is 28.7 Å². The number of likely N-dealkylation sites (tertiary alicyclic amines) is 3. The summed E-state index contributed by atoms with van der Waals surface area (Å²) in [4.78, 5) is 46.8. The summed E-state index contributed by atoms with van der Waals surface area (Å²) in [6, 6.07) is 6.26. The van der Waals surface area contributed by atoms with Crippen LogP contribution in [0.2, 0.25) is 0 Å². The fraction of sp³-hybridized carbons (Fsp3) is 0.639. The maximum absolute atomic E-state index is 17.6. The van der Waals surface area contributed by atoms with Gasteiger partial charge in [-0.3, -0.25) is 24.2 Å². The zero-order valence-electron chi connectivity index (χ0n) is 29.0. The highest BCUT2D eigenvalue weighted by Gasteiger charge is 2.59. The van der Waals surface area contributed by atoms with Gasteiger partial charge in [0.2, 0.25) is 16.8 Å². The van der Waals surface area contributed by atoms with Crippen LogP contribution in [0, 0.1) is 23.7 Å². The number of ether oxygens (including phenoxy) is 1. The summed E-state index contributed by atoms with van der Waals surface area (Å²) in [5.74, 6) is -3.47. The molecule has 4 aliphatic rings. The number of carbonyl (C=O) groups excluding carboxylic acids is 3. The van der Waals surface area contributed by atoms with Gasteiger partial charge in [-0.15, -0.1) is 0 Å². The lowest BCUT2D eigenvalue weighted by atomic mass is 9.75. The van der Waals surface area contributed by atoms with Gasteiger partial charge < -0.3 is 14.5 Å². The third-order valence-electron chi connectivity index (χ3n) is 10.9. The Morgan fingerprint density at radius 2 is 1.63 bits per heavy atom. The quantitative estimate of drug-likeness (QED) is 0.283. The molecule has 2 unspecified atom stereocenters. The van der Waals surface area contributed by atoms with Crippen molar-refractivity contribution in [1.82, 2.24) is 19.6 Å². The number of alkyl halides is 4. The van der Waals surface area contributed by atoms with Gasteiger partial charge in [-0.25, -0.2) is 4.39 Å². The molecule has 0 N–H and O–H groups in total. The SMILES string of the molecule is COc1ccc([C@@H]2CN(C(C)(C)C)C[C@@]2(F)C(=O)N2C[C@H](C(=O)N(C)C)[C@H](C3C=CC(C(F)(F)F)=CC3N3CCC(C(=O)Cl)CC3)C2)cc1. The molecule has 6 atom stereocenters. The molecular formula is C36H47ClF4N4O4. The van der Waals surface area contributed by atoms with E-state index in [0.29, 0.717) is 43.8 Å². The van der Waals surface area contributed by atoms with Crippen LogP contribution in [-0.2, 0) is 14.4 Å². The van der Waals surface area contributed by atoms with Crippen molar-refractivity contribution in [2.45, 2.75) is 63.0 Å². The van der Waals surface area contributed by atoms with E-state index >= 15 is 4.39 Å². The Morgan fingerprint density at radius 1 is 1.00 bits per heavy atom. The first-order valence-electron chi connectivity index (χ1n) is 16.8. The number of carbonyl (C=O) groups is 3. The topological polar surface area (TPSA) is 73.4 Å². The van der Waals surface area contributed by atoms with Gasteiger partial charge in [-0.05, 0) is 81.9 Å². The first-order valence-corrected chi connectivity index (χ1v) is 17.2. The van der Waals surface area contributed by atoms with E-state index in [0.717, 1.165) is 6.08 Å². The number of methoxy groups -OCH3 is 1. The molecule has 8 nitrogen and oxygen atoms in total. The second kappa shape index (κ2) is 14.0. The molecule has 0 bridgehead atoms. The second-order valence-corrected chi connectivity index (χ2v) is 15.5. The van der Waals surface area contributed by atoms with E-state index in [4.69, 9.17) is 16.3 Å². The molecule has 2 amide bonds. The predicted molar refractivity (Wildman–Crippen MR) is 179 cm³/mol. The Labute approximate surface area is 291 Å². The lowest BCUT2D eigenvalue weighted by Crippen LogP contribution is -2.51. The van der Waals surface area contributed by atoms with E-state index in [2.05, 4.69) is 0 Å². The van der Waals surface area contributed by atoms with Gasteiger partial charge in [-0.1, -0.05) is 30.4 Å². The molecule has 3 aliphatic heterocycles. The lowest BCUT2D eigenvalue weighted by molar-refractivity contribution is -0.143. The maximum atomic E-state index is 17.6. The second-order valence-electron chi connectivity index (χ2n) is 15.1. The van der Waals surface area contributed by atoms with Crippen molar-refractivity contribution in [1.29, 1.82) is 0 Å². The number of rotatable bonds is 7. The maximum Gasteiger partial charge on any atom is 0.416 e. The van der Waals surface area contributed by atoms with Crippen LogP contribution in [0.5, 0.6) is 5.75 Å². The van der Waals surface area contributed by atoms with Crippen molar-refractivity contribution in [3.63, 3.8) is 0 Å². The first kappa shape index (κ1) is 37.3. The molecule has 49 heavy (non-hydrogen) atoms. The lowest BCUT2D eigenvalue weighted by Gasteiger charge is -2.43. The van der Waals surface area contributed by atoms with Gasteiger partial charge in [0.05, 0.1) is 18.6 Å². The first-order chi connectivity index (χ1) is 22.8. The van der Waals surface area contributed by atoms with Crippen molar-refractivity contribution in [2.75, 3.05) is 60.5 Å².